The van der Waals surface area contributed by atoms with Crippen molar-refractivity contribution in [2.45, 2.75) is 24.8 Å². The summed E-state index contributed by atoms with van der Waals surface area (Å²) in [4.78, 5) is 29.3. The first-order chi connectivity index (χ1) is 13.1. The SMILES string of the molecule is Nc1ccc(CC(=O)N2CCN(c3ncnc4[nH]ccc34)CC23CC3)cc1. The molecule has 138 valence electrons. The van der Waals surface area contributed by atoms with Crippen molar-refractivity contribution in [2.75, 3.05) is 30.3 Å². The molecular formula is C20H22N6O. The van der Waals surface area contributed by atoms with E-state index in [1.807, 2.05) is 36.5 Å². The quantitative estimate of drug-likeness (QED) is 0.695. The molecule has 3 N–H and O–H groups in total. The fourth-order valence-electron chi connectivity index (χ4n) is 4.14. The first-order valence-electron chi connectivity index (χ1n) is 9.33. The van der Waals surface area contributed by atoms with Crippen LogP contribution in [-0.2, 0) is 11.2 Å². The van der Waals surface area contributed by atoms with E-state index in [4.69, 9.17) is 5.73 Å². The Labute approximate surface area is 157 Å². The van der Waals surface area contributed by atoms with Crippen LogP contribution in [0.25, 0.3) is 11.0 Å². The van der Waals surface area contributed by atoms with Gasteiger partial charge in [-0.2, -0.15) is 0 Å². The predicted octanol–water partition coefficient (Wildman–Crippen LogP) is 1.96. The van der Waals surface area contributed by atoms with Gasteiger partial charge in [-0.05, 0) is 36.6 Å². The number of hydrogen-bond donors (Lipinski definition) is 2. The Morgan fingerprint density at radius 2 is 1.96 bits per heavy atom. The second-order valence-corrected chi connectivity index (χ2v) is 7.55. The number of nitrogens with one attached hydrogen (secondary N) is 1. The maximum absolute atomic E-state index is 13.0. The van der Waals surface area contributed by atoms with Crippen molar-refractivity contribution in [3.05, 3.63) is 48.4 Å². The number of aromatic nitrogens is 3. The van der Waals surface area contributed by atoms with E-state index in [0.717, 1.165) is 60.6 Å². The van der Waals surface area contributed by atoms with Crippen molar-refractivity contribution in [2.24, 2.45) is 0 Å². The fraction of sp³-hybridized carbons (Fsp3) is 0.350. The van der Waals surface area contributed by atoms with Crippen LogP contribution in [0, 0.1) is 0 Å². The maximum atomic E-state index is 13.0. The zero-order valence-corrected chi connectivity index (χ0v) is 15.1. The van der Waals surface area contributed by atoms with Gasteiger partial charge in [-0.15, -0.1) is 0 Å². The summed E-state index contributed by atoms with van der Waals surface area (Å²) in [6.07, 6.45) is 6.03. The van der Waals surface area contributed by atoms with Crippen molar-refractivity contribution in [1.29, 1.82) is 0 Å². The highest BCUT2D eigenvalue weighted by atomic mass is 16.2. The third-order valence-corrected chi connectivity index (χ3v) is 5.75. The highest BCUT2D eigenvalue weighted by molar-refractivity contribution is 5.87. The summed E-state index contributed by atoms with van der Waals surface area (Å²) >= 11 is 0. The van der Waals surface area contributed by atoms with Crippen LogP contribution in [0.2, 0.25) is 0 Å². The molecule has 5 rings (SSSR count). The van der Waals surface area contributed by atoms with Gasteiger partial charge in [0.15, 0.2) is 0 Å². The summed E-state index contributed by atoms with van der Waals surface area (Å²) in [6.45, 7) is 2.34. The molecule has 1 spiro atoms. The number of piperazine rings is 1. The lowest BCUT2D eigenvalue weighted by molar-refractivity contribution is -0.134. The van der Waals surface area contributed by atoms with Crippen LogP contribution in [0.1, 0.15) is 18.4 Å². The smallest absolute Gasteiger partial charge is 0.227 e. The van der Waals surface area contributed by atoms with Crippen LogP contribution >= 0.6 is 0 Å². The van der Waals surface area contributed by atoms with Crippen LogP contribution in [0.5, 0.6) is 0 Å². The molecule has 2 aromatic heterocycles. The van der Waals surface area contributed by atoms with Gasteiger partial charge in [0, 0.05) is 31.5 Å². The van der Waals surface area contributed by atoms with Crippen LogP contribution < -0.4 is 10.6 Å². The molecule has 1 aliphatic heterocycles. The molecule has 2 aliphatic rings. The zero-order chi connectivity index (χ0) is 18.4. The van der Waals surface area contributed by atoms with E-state index in [9.17, 15) is 4.79 Å². The minimum atomic E-state index is -0.0449. The Kier molecular flexibility index (Phi) is 3.56. The molecule has 3 aromatic rings. The van der Waals surface area contributed by atoms with Gasteiger partial charge in [-0.3, -0.25) is 4.79 Å². The number of aromatic amines is 1. The van der Waals surface area contributed by atoms with Gasteiger partial charge in [0.25, 0.3) is 0 Å². The number of nitrogens with two attached hydrogens (primary N) is 1. The Morgan fingerprint density at radius 1 is 1.15 bits per heavy atom. The van der Waals surface area contributed by atoms with Gasteiger partial charge in [0.05, 0.1) is 17.3 Å². The summed E-state index contributed by atoms with van der Waals surface area (Å²) in [5.74, 6) is 1.16. The molecule has 0 bridgehead atoms. The van der Waals surface area contributed by atoms with Gasteiger partial charge in [0.1, 0.15) is 17.8 Å². The van der Waals surface area contributed by atoms with Crippen molar-refractivity contribution in [1.82, 2.24) is 19.9 Å². The number of carbonyl (C=O) groups is 1. The van der Waals surface area contributed by atoms with E-state index in [0.29, 0.717) is 6.42 Å². The zero-order valence-electron chi connectivity index (χ0n) is 15.1. The van der Waals surface area contributed by atoms with E-state index in [1.54, 1.807) is 6.33 Å². The standard InChI is InChI=1S/C20H22N6O/c21-15-3-1-14(2-4-15)11-17(27)26-10-9-25(12-20(26)6-7-20)19-16-5-8-22-18(16)23-13-24-19/h1-5,8,13H,6-7,9-12,21H2,(H,22,23,24). The minimum Gasteiger partial charge on any atom is -0.399 e. The summed E-state index contributed by atoms with van der Waals surface area (Å²) < 4.78 is 0. The molecule has 1 amide bonds. The predicted molar refractivity (Wildman–Crippen MR) is 104 cm³/mol. The molecule has 1 saturated carbocycles. The summed E-state index contributed by atoms with van der Waals surface area (Å²) in [5.41, 5.74) is 8.28. The van der Waals surface area contributed by atoms with Gasteiger partial charge >= 0.3 is 0 Å². The molecule has 3 heterocycles. The molecule has 0 atom stereocenters. The van der Waals surface area contributed by atoms with Crippen LogP contribution in [0.3, 0.4) is 0 Å². The van der Waals surface area contributed by atoms with Gasteiger partial charge in [0.2, 0.25) is 5.91 Å². The first kappa shape index (κ1) is 16.1. The Bertz CT molecular complexity index is 991. The van der Waals surface area contributed by atoms with Gasteiger partial charge < -0.3 is 20.5 Å². The lowest BCUT2D eigenvalue weighted by Crippen LogP contribution is -2.57. The summed E-state index contributed by atoms with van der Waals surface area (Å²) in [7, 11) is 0. The van der Waals surface area contributed by atoms with Gasteiger partial charge in [-0.25, -0.2) is 9.97 Å². The van der Waals surface area contributed by atoms with Crippen LogP contribution in [0.4, 0.5) is 11.5 Å². The minimum absolute atomic E-state index is 0.0449. The number of rotatable bonds is 3. The third kappa shape index (κ3) is 2.79. The Morgan fingerprint density at radius 3 is 2.74 bits per heavy atom. The van der Waals surface area contributed by atoms with Crippen molar-refractivity contribution >= 4 is 28.4 Å². The van der Waals surface area contributed by atoms with Gasteiger partial charge in [-0.1, -0.05) is 12.1 Å². The topological polar surface area (TPSA) is 91.1 Å². The molecule has 1 aliphatic carbocycles. The number of H-pyrrole nitrogens is 1. The van der Waals surface area contributed by atoms with Crippen molar-refractivity contribution < 1.29 is 4.79 Å². The van der Waals surface area contributed by atoms with Crippen molar-refractivity contribution in [3.63, 3.8) is 0 Å². The molecule has 0 unspecified atom stereocenters. The Balaban J connectivity index is 1.34. The van der Waals surface area contributed by atoms with Crippen LogP contribution in [-0.4, -0.2) is 50.9 Å². The number of carbonyl (C=O) groups excluding carboxylic acids is 1. The molecule has 7 heteroatoms. The van der Waals surface area contributed by atoms with E-state index in [-0.39, 0.29) is 11.4 Å². The molecule has 27 heavy (non-hydrogen) atoms. The van der Waals surface area contributed by atoms with Crippen molar-refractivity contribution in [3.8, 4) is 0 Å². The second kappa shape index (κ2) is 5.97. The number of anilines is 2. The molecule has 1 saturated heterocycles. The molecule has 7 nitrogen and oxygen atoms in total. The fourth-order valence-corrected chi connectivity index (χ4v) is 4.14. The molecule has 2 fully saturated rings. The number of fused-ring (bicyclic) bond motifs is 1. The van der Waals surface area contributed by atoms with Crippen LogP contribution in [0.15, 0.2) is 42.9 Å². The Hall–Kier alpha value is -3.09. The summed E-state index contributed by atoms with van der Waals surface area (Å²) in [6, 6.07) is 9.59. The lowest BCUT2D eigenvalue weighted by Gasteiger charge is -2.43. The number of benzene rings is 1. The van der Waals surface area contributed by atoms with E-state index in [2.05, 4.69) is 24.8 Å². The highest BCUT2D eigenvalue weighted by Gasteiger charge is 2.53. The highest BCUT2D eigenvalue weighted by Crippen LogP contribution is 2.45. The maximum Gasteiger partial charge on any atom is 0.227 e. The average molecular weight is 362 g/mol. The monoisotopic (exact) mass is 362 g/mol. The normalized spacial score (nSPS) is 18.2. The van der Waals surface area contributed by atoms with E-state index < -0.39 is 0 Å². The number of nitrogens with zero attached hydrogens (tertiary/aromatic N) is 4. The number of nitrogen functional groups attached to an aromatic ring is 1. The second-order valence-electron chi connectivity index (χ2n) is 7.55. The molecule has 0 radical (unpaired) electrons. The largest absolute Gasteiger partial charge is 0.399 e. The molecular weight excluding hydrogens is 340 g/mol. The third-order valence-electron chi connectivity index (χ3n) is 5.75. The van der Waals surface area contributed by atoms with E-state index >= 15 is 0 Å². The number of amides is 1. The summed E-state index contributed by atoms with van der Waals surface area (Å²) in [5, 5.41) is 1.04. The molecule has 1 aromatic carbocycles. The number of hydrogen-bond acceptors (Lipinski definition) is 5. The van der Waals surface area contributed by atoms with E-state index in [1.165, 1.54) is 0 Å². The average Bonchev–Trinajstić information content (AvgIpc) is 3.25. The lowest BCUT2D eigenvalue weighted by atomic mass is 10.1. The first-order valence-corrected chi connectivity index (χ1v) is 9.33.